The van der Waals surface area contributed by atoms with Crippen molar-refractivity contribution in [3.8, 4) is 5.69 Å². The molecule has 1 aliphatic carbocycles. The minimum absolute atomic E-state index is 0.127. The molecule has 2 heterocycles. The molecule has 3 aromatic rings. The molecule has 1 aromatic carbocycles. The molecular weight excluding hydrogens is 330 g/mol. The fourth-order valence-electron chi connectivity index (χ4n) is 2.85. The summed E-state index contributed by atoms with van der Waals surface area (Å²) in [7, 11) is 0. The highest BCUT2D eigenvalue weighted by molar-refractivity contribution is 5.90. The van der Waals surface area contributed by atoms with E-state index in [0.717, 1.165) is 29.9 Å². The Labute approximate surface area is 150 Å². The first-order valence-corrected chi connectivity index (χ1v) is 8.60. The predicted octanol–water partition coefficient (Wildman–Crippen LogP) is 2.25. The average Bonchev–Trinajstić information content (AvgIpc) is 3.41. The van der Waals surface area contributed by atoms with E-state index >= 15 is 0 Å². The third-order valence-corrected chi connectivity index (χ3v) is 4.28. The monoisotopic (exact) mass is 349 g/mol. The third-order valence-electron chi connectivity index (χ3n) is 4.28. The third kappa shape index (κ3) is 3.42. The molecule has 132 valence electrons. The Kier molecular flexibility index (Phi) is 4.12. The molecule has 0 atom stereocenters. The topological polar surface area (TPSA) is 81.8 Å². The van der Waals surface area contributed by atoms with Gasteiger partial charge in [-0.3, -0.25) is 9.59 Å². The standard InChI is InChI=1S/C19H19N5O2/c1-13-11-17(24(21-13)15-5-3-2-4-6-15)20-18(25)12-23-19(26)10-9-16(22-23)14-7-8-14/h2-6,9-11,14H,7-8,12H2,1H3,(H,20,25). The zero-order valence-corrected chi connectivity index (χ0v) is 14.4. The van der Waals surface area contributed by atoms with Crippen molar-refractivity contribution < 1.29 is 4.79 Å². The van der Waals surface area contributed by atoms with Crippen molar-refractivity contribution >= 4 is 11.7 Å². The Balaban J connectivity index is 1.54. The number of carbonyl (C=O) groups is 1. The van der Waals surface area contributed by atoms with E-state index in [-0.39, 0.29) is 18.0 Å². The first-order chi connectivity index (χ1) is 12.6. The van der Waals surface area contributed by atoms with Gasteiger partial charge in [0.25, 0.3) is 5.56 Å². The fraction of sp³-hybridized carbons (Fsp3) is 0.263. The number of aryl methyl sites for hydroxylation is 1. The molecule has 1 saturated carbocycles. The number of hydrogen-bond donors (Lipinski definition) is 1. The molecule has 0 bridgehead atoms. The highest BCUT2D eigenvalue weighted by atomic mass is 16.2. The lowest BCUT2D eigenvalue weighted by Crippen LogP contribution is -2.30. The summed E-state index contributed by atoms with van der Waals surface area (Å²) in [6.07, 6.45) is 2.18. The zero-order valence-electron chi connectivity index (χ0n) is 14.4. The van der Waals surface area contributed by atoms with Crippen LogP contribution in [-0.2, 0) is 11.3 Å². The summed E-state index contributed by atoms with van der Waals surface area (Å²) in [5, 5.41) is 11.6. The van der Waals surface area contributed by atoms with Gasteiger partial charge in [0.15, 0.2) is 0 Å². The largest absolute Gasteiger partial charge is 0.309 e. The van der Waals surface area contributed by atoms with E-state index in [9.17, 15) is 9.59 Å². The van der Waals surface area contributed by atoms with Crippen LogP contribution in [0.3, 0.4) is 0 Å². The van der Waals surface area contributed by atoms with Crippen LogP contribution in [0.2, 0.25) is 0 Å². The number of nitrogens with zero attached hydrogens (tertiary/aromatic N) is 4. The molecule has 0 saturated heterocycles. The van der Waals surface area contributed by atoms with Crippen molar-refractivity contribution in [2.45, 2.75) is 32.2 Å². The maximum absolute atomic E-state index is 12.5. The smallest absolute Gasteiger partial charge is 0.267 e. The van der Waals surface area contributed by atoms with Gasteiger partial charge in [-0.15, -0.1) is 0 Å². The highest BCUT2D eigenvalue weighted by Gasteiger charge is 2.25. The quantitative estimate of drug-likeness (QED) is 0.766. The second-order valence-corrected chi connectivity index (χ2v) is 6.49. The molecule has 26 heavy (non-hydrogen) atoms. The van der Waals surface area contributed by atoms with Crippen LogP contribution in [0.5, 0.6) is 0 Å². The molecule has 0 unspecified atom stereocenters. The van der Waals surface area contributed by atoms with Crippen LogP contribution >= 0.6 is 0 Å². The Morgan fingerprint density at radius 3 is 2.65 bits per heavy atom. The van der Waals surface area contributed by atoms with E-state index < -0.39 is 0 Å². The van der Waals surface area contributed by atoms with Gasteiger partial charge in [-0.05, 0) is 38.0 Å². The van der Waals surface area contributed by atoms with Crippen LogP contribution in [0.1, 0.15) is 30.1 Å². The molecule has 2 aromatic heterocycles. The van der Waals surface area contributed by atoms with Crippen LogP contribution < -0.4 is 10.9 Å². The number of amides is 1. The molecule has 0 aliphatic heterocycles. The van der Waals surface area contributed by atoms with Gasteiger partial charge in [0.2, 0.25) is 5.91 Å². The van der Waals surface area contributed by atoms with Crippen molar-refractivity contribution in [2.24, 2.45) is 0 Å². The van der Waals surface area contributed by atoms with Gasteiger partial charge in [0.1, 0.15) is 12.4 Å². The highest BCUT2D eigenvalue weighted by Crippen LogP contribution is 2.38. The average molecular weight is 349 g/mol. The maximum Gasteiger partial charge on any atom is 0.267 e. The lowest BCUT2D eigenvalue weighted by atomic mass is 10.3. The predicted molar refractivity (Wildman–Crippen MR) is 97.4 cm³/mol. The summed E-state index contributed by atoms with van der Waals surface area (Å²) in [6, 6.07) is 14.6. The Morgan fingerprint density at radius 1 is 1.15 bits per heavy atom. The molecule has 7 nitrogen and oxygen atoms in total. The Bertz CT molecular complexity index is 1000. The second-order valence-electron chi connectivity index (χ2n) is 6.49. The zero-order chi connectivity index (χ0) is 18.1. The van der Waals surface area contributed by atoms with Crippen molar-refractivity contribution in [3.05, 3.63) is 70.3 Å². The van der Waals surface area contributed by atoms with E-state index in [0.29, 0.717) is 11.7 Å². The summed E-state index contributed by atoms with van der Waals surface area (Å²) in [5.41, 5.74) is 2.23. The van der Waals surface area contributed by atoms with Gasteiger partial charge < -0.3 is 5.32 Å². The lowest BCUT2D eigenvalue weighted by molar-refractivity contribution is -0.117. The summed E-state index contributed by atoms with van der Waals surface area (Å²) in [4.78, 5) is 24.5. The fourth-order valence-corrected chi connectivity index (χ4v) is 2.85. The van der Waals surface area contributed by atoms with E-state index in [1.807, 2.05) is 37.3 Å². The van der Waals surface area contributed by atoms with E-state index in [1.54, 1.807) is 16.8 Å². The molecular formula is C19H19N5O2. The molecule has 1 fully saturated rings. The van der Waals surface area contributed by atoms with E-state index in [1.165, 1.54) is 10.7 Å². The number of para-hydroxylation sites is 1. The SMILES string of the molecule is Cc1cc(NC(=O)Cn2nc(C3CC3)ccc2=O)n(-c2ccccc2)n1. The van der Waals surface area contributed by atoms with E-state index in [4.69, 9.17) is 0 Å². The first-order valence-electron chi connectivity index (χ1n) is 8.60. The first kappa shape index (κ1) is 16.3. The van der Waals surface area contributed by atoms with Crippen molar-refractivity contribution in [1.82, 2.24) is 19.6 Å². The normalized spacial score (nSPS) is 13.6. The summed E-state index contributed by atoms with van der Waals surface area (Å²) >= 11 is 0. The number of carbonyl (C=O) groups excluding carboxylic acids is 1. The molecule has 0 radical (unpaired) electrons. The minimum Gasteiger partial charge on any atom is -0.309 e. The summed E-state index contributed by atoms with van der Waals surface area (Å²) in [6.45, 7) is 1.73. The van der Waals surface area contributed by atoms with Crippen LogP contribution in [-0.4, -0.2) is 25.5 Å². The lowest BCUT2D eigenvalue weighted by Gasteiger charge is -2.10. The van der Waals surface area contributed by atoms with Crippen molar-refractivity contribution in [2.75, 3.05) is 5.32 Å². The summed E-state index contributed by atoms with van der Waals surface area (Å²) < 4.78 is 2.89. The molecule has 1 aliphatic rings. The molecule has 1 N–H and O–H groups in total. The number of hydrogen-bond acceptors (Lipinski definition) is 4. The van der Waals surface area contributed by atoms with E-state index in [2.05, 4.69) is 15.5 Å². The van der Waals surface area contributed by atoms with Crippen LogP contribution in [0, 0.1) is 6.92 Å². The summed E-state index contributed by atoms with van der Waals surface area (Å²) in [5.74, 6) is 0.668. The number of anilines is 1. The van der Waals surface area contributed by atoms with Gasteiger partial charge >= 0.3 is 0 Å². The molecule has 7 heteroatoms. The second kappa shape index (κ2) is 6.59. The molecule has 1 amide bonds. The van der Waals surface area contributed by atoms with Crippen molar-refractivity contribution in [3.63, 3.8) is 0 Å². The number of aromatic nitrogens is 4. The minimum atomic E-state index is -0.315. The van der Waals surface area contributed by atoms with Gasteiger partial charge in [-0.25, -0.2) is 9.36 Å². The number of benzene rings is 1. The van der Waals surface area contributed by atoms with Gasteiger partial charge in [-0.2, -0.15) is 10.2 Å². The van der Waals surface area contributed by atoms with Crippen LogP contribution in [0.25, 0.3) is 5.69 Å². The van der Waals surface area contributed by atoms with Gasteiger partial charge in [0.05, 0.1) is 17.1 Å². The molecule has 4 rings (SSSR count). The van der Waals surface area contributed by atoms with Crippen LogP contribution in [0.4, 0.5) is 5.82 Å². The Morgan fingerprint density at radius 2 is 1.92 bits per heavy atom. The number of rotatable bonds is 5. The van der Waals surface area contributed by atoms with Gasteiger partial charge in [0, 0.05) is 18.1 Å². The Hall–Kier alpha value is -3.22. The van der Waals surface area contributed by atoms with Gasteiger partial charge in [-0.1, -0.05) is 18.2 Å². The van der Waals surface area contributed by atoms with Crippen molar-refractivity contribution in [1.29, 1.82) is 0 Å². The van der Waals surface area contributed by atoms with Crippen LogP contribution in [0.15, 0.2) is 53.3 Å². The molecule has 0 spiro atoms. The number of nitrogens with one attached hydrogen (secondary N) is 1. The maximum atomic E-state index is 12.5.